The summed E-state index contributed by atoms with van der Waals surface area (Å²) in [5.41, 5.74) is 4.27. The van der Waals surface area contributed by atoms with Crippen LogP contribution in [0.15, 0.2) is 48.5 Å². The largest absolute Gasteiger partial charge is 0.384 e. The number of β-amino-alcohol motifs (C(OH)–C–C–N with tert-alkyl or cyclic N) is 1. The number of nitrogens with zero attached hydrogens (tertiary/aromatic N) is 2. The summed E-state index contributed by atoms with van der Waals surface area (Å²) in [7, 11) is 0. The Morgan fingerprint density at radius 1 is 1.04 bits per heavy atom. The van der Waals surface area contributed by atoms with Gasteiger partial charge in [0.2, 0.25) is 0 Å². The van der Waals surface area contributed by atoms with Gasteiger partial charge in [-0.25, -0.2) is 0 Å². The summed E-state index contributed by atoms with van der Waals surface area (Å²) in [6.45, 7) is 8.27. The van der Waals surface area contributed by atoms with Crippen molar-refractivity contribution in [2.75, 3.05) is 44.3 Å². The molecule has 26 heavy (non-hydrogen) atoms. The second-order valence-corrected chi connectivity index (χ2v) is 7.57. The molecule has 0 spiro atoms. The number of rotatable bonds is 4. The van der Waals surface area contributed by atoms with Gasteiger partial charge in [0.25, 0.3) is 0 Å². The lowest BCUT2D eigenvalue weighted by molar-refractivity contribution is 0.0453. The molecule has 2 aliphatic heterocycles. The van der Waals surface area contributed by atoms with Crippen LogP contribution >= 0.6 is 0 Å². The molecule has 2 saturated heterocycles. The summed E-state index contributed by atoms with van der Waals surface area (Å²) in [6, 6.07) is 16.8. The Hall–Kier alpha value is -1.88. The zero-order valence-corrected chi connectivity index (χ0v) is 15.5. The van der Waals surface area contributed by atoms with Crippen LogP contribution in [0.4, 0.5) is 5.69 Å². The molecule has 4 nitrogen and oxygen atoms in total. The minimum absolute atomic E-state index is 0.696. The van der Waals surface area contributed by atoms with Crippen molar-refractivity contribution in [2.45, 2.75) is 25.5 Å². The molecule has 1 N–H and O–H groups in total. The van der Waals surface area contributed by atoms with Crippen LogP contribution in [0.2, 0.25) is 0 Å². The molecule has 1 unspecified atom stereocenters. The number of hydrogen-bond donors (Lipinski definition) is 1. The van der Waals surface area contributed by atoms with Gasteiger partial charge in [-0.05, 0) is 42.2 Å². The van der Waals surface area contributed by atoms with Crippen LogP contribution < -0.4 is 4.90 Å². The predicted octanol–water partition coefficient (Wildman–Crippen LogP) is 2.93. The summed E-state index contributed by atoms with van der Waals surface area (Å²) < 4.78 is 5.45. The van der Waals surface area contributed by atoms with Gasteiger partial charge < -0.3 is 14.7 Å². The molecule has 1 atom stereocenters. The standard InChI is InChI=1S/C22H28N2O2/c1-18-15-21(24-11-13-26-14-12-24)8-7-19(18)16-23-10-9-22(25,17-23)20-5-3-2-4-6-20/h2-8,15,25H,9-14,16-17H2,1H3. The molecule has 2 aliphatic rings. The second kappa shape index (κ2) is 7.39. The van der Waals surface area contributed by atoms with E-state index in [1.54, 1.807) is 0 Å². The molecular weight excluding hydrogens is 324 g/mol. The zero-order chi connectivity index (χ0) is 18.0. The Morgan fingerprint density at radius 2 is 1.81 bits per heavy atom. The van der Waals surface area contributed by atoms with E-state index >= 15 is 0 Å². The zero-order valence-electron chi connectivity index (χ0n) is 15.5. The number of likely N-dealkylation sites (tertiary alicyclic amines) is 1. The Balaban J connectivity index is 1.43. The van der Waals surface area contributed by atoms with Gasteiger partial charge in [0, 0.05) is 38.4 Å². The summed E-state index contributed by atoms with van der Waals surface area (Å²) in [5, 5.41) is 11.0. The third-order valence-corrected chi connectivity index (χ3v) is 5.73. The Labute approximate surface area is 156 Å². The van der Waals surface area contributed by atoms with Gasteiger partial charge in [-0.15, -0.1) is 0 Å². The number of morpholine rings is 1. The molecule has 2 heterocycles. The van der Waals surface area contributed by atoms with E-state index in [0.29, 0.717) is 6.54 Å². The number of benzene rings is 2. The third kappa shape index (κ3) is 3.63. The van der Waals surface area contributed by atoms with Crippen molar-refractivity contribution >= 4 is 5.69 Å². The van der Waals surface area contributed by atoms with Crippen LogP contribution in [-0.4, -0.2) is 49.4 Å². The van der Waals surface area contributed by atoms with Gasteiger partial charge in [0.1, 0.15) is 5.60 Å². The van der Waals surface area contributed by atoms with E-state index in [1.807, 2.05) is 30.3 Å². The maximum atomic E-state index is 11.0. The fourth-order valence-corrected chi connectivity index (χ4v) is 4.11. The first-order valence-electron chi connectivity index (χ1n) is 9.57. The van der Waals surface area contributed by atoms with Crippen LogP contribution in [0.5, 0.6) is 0 Å². The second-order valence-electron chi connectivity index (χ2n) is 7.57. The van der Waals surface area contributed by atoms with Crippen molar-refractivity contribution in [1.29, 1.82) is 0 Å². The molecule has 138 valence electrons. The topological polar surface area (TPSA) is 35.9 Å². The highest BCUT2D eigenvalue weighted by molar-refractivity contribution is 5.51. The SMILES string of the molecule is Cc1cc(N2CCOCC2)ccc1CN1CCC(O)(c2ccccc2)C1. The molecule has 4 heteroatoms. The van der Waals surface area contributed by atoms with Crippen LogP contribution in [0.1, 0.15) is 23.1 Å². The van der Waals surface area contributed by atoms with Crippen molar-refractivity contribution < 1.29 is 9.84 Å². The Morgan fingerprint density at radius 3 is 2.54 bits per heavy atom. The van der Waals surface area contributed by atoms with E-state index in [9.17, 15) is 5.11 Å². The Kier molecular flexibility index (Phi) is 4.98. The van der Waals surface area contributed by atoms with Gasteiger partial charge in [-0.2, -0.15) is 0 Å². The minimum Gasteiger partial charge on any atom is -0.384 e. The van der Waals surface area contributed by atoms with E-state index in [0.717, 1.165) is 51.4 Å². The molecule has 2 aromatic carbocycles. The molecule has 2 aromatic rings. The van der Waals surface area contributed by atoms with Gasteiger partial charge in [-0.1, -0.05) is 36.4 Å². The van der Waals surface area contributed by atoms with E-state index in [-0.39, 0.29) is 0 Å². The highest BCUT2D eigenvalue weighted by Gasteiger charge is 2.37. The average Bonchev–Trinajstić information content (AvgIpc) is 3.07. The lowest BCUT2D eigenvalue weighted by atomic mass is 9.93. The van der Waals surface area contributed by atoms with E-state index in [2.05, 4.69) is 34.9 Å². The smallest absolute Gasteiger partial charge is 0.103 e. The molecule has 2 fully saturated rings. The van der Waals surface area contributed by atoms with Gasteiger partial charge in [-0.3, -0.25) is 4.90 Å². The van der Waals surface area contributed by atoms with Crippen molar-refractivity contribution in [3.8, 4) is 0 Å². The number of aliphatic hydroxyl groups is 1. The van der Waals surface area contributed by atoms with E-state index in [1.165, 1.54) is 16.8 Å². The fraction of sp³-hybridized carbons (Fsp3) is 0.455. The molecule has 4 rings (SSSR count). The fourth-order valence-electron chi connectivity index (χ4n) is 4.11. The minimum atomic E-state index is -0.719. The van der Waals surface area contributed by atoms with Gasteiger partial charge in [0.15, 0.2) is 0 Å². The highest BCUT2D eigenvalue weighted by atomic mass is 16.5. The van der Waals surface area contributed by atoms with Crippen molar-refractivity contribution in [3.63, 3.8) is 0 Å². The van der Waals surface area contributed by atoms with Gasteiger partial charge in [0.05, 0.1) is 13.2 Å². The quantitative estimate of drug-likeness (QED) is 0.918. The molecule has 0 bridgehead atoms. The monoisotopic (exact) mass is 352 g/mol. The highest BCUT2D eigenvalue weighted by Crippen LogP contribution is 2.33. The summed E-state index contributed by atoms with van der Waals surface area (Å²) in [4.78, 5) is 4.76. The molecule has 0 saturated carbocycles. The molecular formula is C22H28N2O2. The summed E-state index contributed by atoms with van der Waals surface area (Å²) in [6.07, 6.45) is 0.794. The summed E-state index contributed by atoms with van der Waals surface area (Å²) >= 11 is 0. The maximum Gasteiger partial charge on any atom is 0.103 e. The number of ether oxygens (including phenoxy) is 1. The van der Waals surface area contributed by atoms with Crippen molar-refractivity contribution in [1.82, 2.24) is 4.90 Å². The lowest BCUT2D eigenvalue weighted by Crippen LogP contribution is -2.36. The lowest BCUT2D eigenvalue weighted by Gasteiger charge is -2.29. The van der Waals surface area contributed by atoms with Crippen molar-refractivity contribution in [3.05, 3.63) is 65.2 Å². The first-order chi connectivity index (χ1) is 12.6. The van der Waals surface area contributed by atoms with E-state index in [4.69, 9.17) is 4.74 Å². The van der Waals surface area contributed by atoms with E-state index < -0.39 is 5.60 Å². The Bertz CT molecular complexity index is 743. The van der Waals surface area contributed by atoms with Crippen LogP contribution in [0, 0.1) is 6.92 Å². The third-order valence-electron chi connectivity index (χ3n) is 5.73. The first kappa shape index (κ1) is 17.5. The normalized spacial score (nSPS) is 24.2. The molecule has 0 radical (unpaired) electrons. The van der Waals surface area contributed by atoms with Crippen LogP contribution in [-0.2, 0) is 16.9 Å². The average molecular weight is 352 g/mol. The maximum absolute atomic E-state index is 11.0. The summed E-state index contributed by atoms with van der Waals surface area (Å²) in [5.74, 6) is 0. The van der Waals surface area contributed by atoms with Crippen LogP contribution in [0.3, 0.4) is 0 Å². The van der Waals surface area contributed by atoms with Gasteiger partial charge >= 0.3 is 0 Å². The number of aryl methyl sites for hydroxylation is 1. The number of hydrogen-bond acceptors (Lipinski definition) is 4. The molecule has 0 amide bonds. The van der Waals surface area contributed by atoms with Crippen molar-refractivity contribution in [2.24, 2.45) is 0 Å². The molecule has 0 aliphatic carbocycles. The number of anilines is 1. The molecule has 0 aromatic heterocycles. The van der Waals surface area contributed by atoms with Crippen LogP contribution in [0.25, 0.3) is 0 Å². The predicted molar refractivity (Wildman–Crippen MR) is 104 cm³/mol. The first-order valence-corrected chi connectivity index (χ1v) is 9.57.